The number of hydrogen-bond acceptors (Lipinski definition) is 5. The summed E-state index contributed by atoms with van der Waals surface area (Å²) < 4.78 is 70.8. The van der Waals surface area contributed by atoms with E-state index in [0.717, 1.165) is 7.11 Å². The third-order valence-electron chi connectivity index (χ3n) is 5.00. The molecule has 1 aromatic carbocycles. The lowest BCUT2D eigenvalue weighted by Crippen LogP contribution is -2.15. The second-order valence-corrected chi connectivity index (χ2v) is 7.15. The SMILES string of the molecule is CCO/C(C#N)=C/[C@@H]1[C@@H](C(=O)OCc2c(F)c(F)c(COC)c(F)c2F)C1(C)C. The molecule has 0 N–H and O–H groups in total. The third kappa shape index (κ3) is 4.37. The van der Waals surface area contributed by atoms with E-state index in [2.05, 4.69) is 4.74 Å². The average Bonchev–Trinajstić information content (AvgIpc) is 3.22. The Morgan fingerprint density at radius 2 is 1.59 bits per heavy atom. The molecule has 1 saturated carbocycles. The highest BCUT2D eigenvalue weighted by Gasteiger charge is 2.62. The molecule has 2 atom stereocenters. The highest BCUT2D eigenvalue weighted by molar-refractivity contribution is 5.78. The molecule has 0 bridgehead atoms. The van der Waals surface area contributed by atoms with Gasteiger partial charge >= 0.3 is 5.97 Å². The quantitative estimate of drug-likeness (QED) is 0.210. The van der Waals surface area contributed by atoms with Gasteiger partial charge in [0.15, 0.2) is 29.0 Å². The molecule has 0 unspecified atom stereocenters. The predicted octanol–water partition coefficient (Wildman–Crippen LogP) is 4.15. The maximum Gasteiger partial charge on any atom is 0.310 e. The van der Waals surface area contributed by atoms with Gasteiger partial charge in [-0.05, 0) is 18.4 Å². The van der Waals surface area contributed by atoms with E-state index in [4.69, 9.17) is 14.7 Å². The molecule has 29 heavy (non-hydrogen) atoms. The van der Waals surface area contributed by atoms with E-state index in [1.165, 1.54) is 6.08 Å². The minimum Gasteiger partial charge on any atom is -0.484 e. The third-order valence-corrected chi connectivity index (χ3v) is 5.00. The maximum atomic E-state index is 14.1. The number of nitrogens with zero attached hydrogens (tertiary/aromatic N) is 1. The lowest BCUT2D eigenvalue weighted by Gasteiger charge is -2.12. The summed E-state index contributed by atoms with van der Waals surface area (Å²) in [6, 6.07) is 1.87. The fourth-order valence-electron chi connectivity index (χ4n) is 3.23. The van der Waals surface area contributed by atoms with Crippen LogP contribution in [0.5, 0.6) is 0 Å². The number of esters is 1. The number of halogens is 4. The Balaban J connectivity index is 2.17. The van der Waals surface area contributed by atoms with Gasteiger partial charge in [-0.3, -0.25) is 4.79 Å². The minimum absolute atomic E-state index is 0.0517. The van der Waals surface area contributed by atoms with Crippen LogP contribution in [0.1, 0.15) is 31.9 Å². The summed E-state index contributed by atoms with van der Waals surface area (Å²) in [5.74, 6) is -8.30. The van der Waals surface area contributed by atoms with Gasteiger partial charge in [0.1, 0.15) is 12.7 Å². The molecule has 1 aliphatic carbocycles. The summed E-state index contributed by atoms with van der Waals surface area (Å²) in [5, 5.41) is 9.03. The number of ether oxygens (including phenoxy) is 3. The van der Waals surface area contributed by atoms with Gasteiger partial charge < -0.3 is 14.2 Å². The largest absolute Gasteiger partial charge is 0.484 e. The van der Waals surface area contributed by atoms with Gasteiger partial charge in [-0.2, -0.15) is 5.26 Å². The first-order chi connectivity index (χ1) is 13.6. The number of carbonyl (C=O) groups is 1. The van der Waals surface area contributed by atoms with Crippen molar-refractivity contribution >= 4 is 5.97 Å². The molecule has 0 amide bonds. The molecule has 1 fully saturated rings. The van der Waals surface area contributed by atoms with Crippen molar-refractivity contribution in [2.45, 2.75) is 34.0 Å². The summed E-state index contributed by atoms with van der Waals surface area (Å²) in [4.78, 5) is 12.4. The molecule has 1 aliphatic rings. The second-order valence-electron chi connectivity index (χ2n) is 7.15. The van der Waals surface area contributed by atoms with E-state index in [9.17, 15) is 22.4 Å². The number of methoxy groups -OCH3 is 1. The van der Waals surface area contributed by atoms with Crippen LogP contribution in [0.2, 0.25) is 0 Å². The maximum absolute atomic E-state index is 14.1. The van der Waals surface area contributed by atoms with Crippen LogP contribution < -0.4 is 0 Å². The van der Waals surface area contributed by atoms with Crippen LogP contribution in [0.3, 0.4) is 0 Å². The molecule has 0 saturated heterocycles. The van der Waals surface area contributed by atoms with E-state index in [0.29, 0.717) is 0 Å². The highest BCUT2D eigenvalue weighted by Crippen LogP contribution is 2.60. The van der Waals surface area contributed by atoms with Crippen molar-refractivity contribution in [1.82, 2.24) is 0 Å². The number of hydrogen-bond donors (Lipinski definition) is 0. The number of benzene rings is 1. The Kier molecular flexibility index (Phi) is 6.90. The van der Waals surface area contributed by atoms with Crippen molar-refractivity contribution in [3.8, 4) is 6.07 Å². The van der Waals surface area contributed by atoms with Gasteiger partial charge in [-0.25, -0.2) is 17.6 Å². The van der Waals surface area contributed by atoms with Gasteiger partial charge in [-0.1, -0.05) is 13.8 Å². The molecular weight excluding hydrogens is 394 g/mol. The van der Waals surface area contributed by atoms with Crippen LogP contribution in [-0.2, 0) is 32.2 Å². The summed E-state index contributed by atoms with van der Waals surface area (Å²) in [6.45, 7) is 3.85. The Hall–Kier alpha value is -2.60. The molecule has 5 nitrogen and oxygen atoms in total. The molecule has 0 aliphatic heterocycles. The molecule has 1 aromatic rings. The fourth-order valence-corrected chi connectivity index (χ4v) is 3.23. The molecule has 2 rings (SSSR count). The van der Waals surface area contributed by atoms with Crippen molar-refractivity contribution in [3.63, 3.8) is 0 Å². The summed E-state index contributed by atoms with van der Waals surface area (Å²) >= 11 is 0. The minimum atomic E-state index is -1.64. The molecule has 9 heteroatoms. The van der Waals surface area contributed by atoms with Crippen LogP contribution in [0.4, 0.5) is 17.6 Å². The predicted molar refractivity (Wildman–Crippen MR) is 92.9 cm³/mol. The van der Waals surface area contributed by atoms with Crippen LogP contribution in [-0.4, -0.2) is 19.7 Å². The van der Waals surface area contributed by atoms with Crippen molar-refractivity contribution in [2.24, 2.45) is 17.3 Å². The van der Waals surface area contributed by atoms with Crippen LogP contribution in [0.15, 0.2) is 11.8 Å². The van der Waals surface area contributed by atoms with E-state index in [1.54, 1.807) is 20.8 Å². The van der Waals surface area contributed by atoms with E-state index in [1.807, 2.05) is 6.07 Å². The fraction of sp³-hybridized carbons (Fsp3) is 0.500. The Morgan fingerprint density at radius 1 is 1.07 bits per heavy atom. The lowest BCUT2D eigenvalue weighted by atomic mass is 10.1. The molecule has 0 aromatic heterocycles. The topological polar surface area (TPSA) is 68.5 Å². The normalized spacial score (nSPS) is 20.2. The van der Waals surface area contributed by atoms with Crippen molar-refractivity contribution in [1.29, 1.82) is 5.26 Å². The molecule has 0 heterocycles. The van der Waals surface area contributed by atoms with Gasteiger partial charge in [0.2, 0.25) is 0 Å². The Morgan fingerprint density at radius 3 is 2.03 bits per heavy atom. The van der Waals surface area contributed by atoms with Crippen LogP contribution in [0, 0.1) is 51.9 Å². The molecule has 0 radical (unpaired) electrons. The van der Waals surface area contributed by atoms with Gasteiger partial charge in [-0.15, -0.1) is 0 Å². The van der Waals surface area contributed by atoms with Gasteiger partial charge in [0, 0.05) is 13.0 Å². The molecule has 158 valence electrons. The van der Waals surface area contributed by atoms with Gasteiger partial charge in [0.25, 0.3) is 0 Å². The Labute approximate surface area is 165 Å². The molecule has 0 spiro atoms. The van der Waals surface area contributed by atoms with Crippen molar-refractivity contribution in [3.05, 3.63) is 46.2 Å². The zero-order valence-corrected chi connectivity index (χ0v) is 16.4. The summed E-state index contributed by atoms with van der Waals surface area (Å²) in [6.07, 6.45) is 1.50. The smallest absolute Gasteiger partial charge is 0.310 e. The van der Waals surface area contributed by atoms with Crippen molar-refractivity contribution < 1.29 is 36.6 Å². The average molecular weight is 415 g/mol. The number of nitriles is 1. The van der Waals surface area contributed by atoms with Gasteiger partial charge in [0.05, 0.1) is 30.3 Å². The first-order valence-electron chi connectivity index (χ1n) is 8.85. The standard InChI is InChI=1S/C20H21F4NO4/c1-5-28-10(7-25)6-13-14(20(13,2)3)19(26)29-9-12-17(23)15(21)11(8-27-4)16(22)18(12)24/h6,13-14H,5,8-9H2,1-4H3/b10-6+/t13-,14+/m1/s1. The van der Waals surface area contributed by atoms with E-state index in [-0.39, 0.29) is 18.3 Å². The van der Waals surface area contributed by atoms with E-state index >= 15 is 0 Å². The van der Waals surface area contributed by atoms with Crippen molar-refractivity contribution in [2.75, 3.05) is 13.7 Å². The first-order valence-corrected chi connectivity index (χ1v) is 8.85. The van der Waals surface area contributed by atoms with Crippen LogP contribution >= 0.6 is 0 Å². The monoisotopic (exact) mass is 415 g/mol. The first kappa shape index (κ1) is 22.7. The summed E-state index contributed by atoms with van der Waals surface area (Å²) in [5.41, 5.74) is -2.48. The molecular formula is C20H21F4NO4. The number of carbonyl (C=O) groups excluding carboxylic acids is 1. The lowest BCUT2D eigenvalue weighted by molar-refractivity contribution is -0.147. The zero-order chi connectivity index (χ0) is 21.9. The van der Waals surface area contributed by atoms with Crippen LogP contribution in [0.25, 0.3) is 0 Å². The number of allylic oxidation sites excluding steroid dienone is 2. The second kappa shape index (κ2) is 8.82. The highest BCUT2D eigenvalue weighted by atomic mass is 19.2. The Bertz CT molecular complexity index is 847. The number of rotatable bonds is 8. The summed E-state index contributed by atoms with van der Waals surface area (Å²) in [7, 11) is 1.12. The zero-order valence-electron chi connectivity index (χ0n) is 16.4. The van der Waals surface area contributed by atoms with E-state index < -0.39 is 64.9 Å².